The third-order valence-corrected chi connectivity index (χ3v) is 3.98. The predicted octanol–water partition coefficient (Wildman–Crippen LogP) is 3.46. The summed E-state index contributed by atoms with van der Waals surface area (Å²) in [6.07, 6.45) is 4.74. The van der Waals surface area contributed by atoms with Gasteiger partial charge >= 0.3 is 0 Å². The molecule has 0 atom stereocenters. The van der Waals surface area contributed by atoms with Crippen molar-refractivity contribution in [1.29, 1.82) is 0 Å². The molecule has 1 fully saturated rings. The van der Waals surface area contributed by atoms with Crippen LogP contribution in [0.25, 0.3) is 0 Å². The van der Waals surface area contributed by atoms with E-state index in [-0.39, 0.29) is 5.91 Å². The van der Waals surface area contributed by atoms with Crippen LogP contribution in [-0.4, -0.2) is 30.4 Å². The zero-order chi connectivity index (χ0) is 13.7. The number of halogens is 1. The molecular formula is C15H21ClN2O. The van der Waals surface area contributed by atoms with Crippen LogP contribution >= 0.6 is 11.6 Å². The van der Waals surface area contributed by atoms with E-state index < -0.39 is 0 Å². The molecule has 3 nitrogen and oxygen atoms in total. The Hall–Kier alpha value is -1.22. The summed E-state index contributed by atoms with van der Waals surface area (Å²) >= 11 is 6.06. The number of carbonyl (C=O) groups is 1. The lowest BCUT2D eigenvalue weighted by molar-refractivity contribution is -0.129. The van der Waals surface area contributed by atoms with E-state index in [4.69, 9.17) is 11.6 Å². The number of likely N-dealkylation sites (tertiary alicyclic amines) is 1. The lowest BCUT2D eigenvalue weighted by Crippen LogP contribution is -2.36. The van der Waals surface area contributed by atoms with Gasteiger partial charge < -0.3 is 10.2 Å². The molecule has 1 heterocycles. The Balaban J connectivity index is 1.86. The van der Waals surface area contributed by atoms with E-state index in [1.807, 2.05) is 30.0 Å². The molecule has 1 N–H and O–H groups in total. The largest absolute Gasteiger partial charge is 0.376 e. The van der Waals surface area contributed by atoms with Crippen LogP contribution < -0.4 is 5.32 Å². The fourth-order valence-corrected chi connectivity index (χ4v) is 2.49. The molecule has 1 aromatic rings. The molecule has 1 saturated heterocycles. The van der Waals surface area contributed by atoms with E-state index in [1.165, 1.54) is 12.8 Å². The maximum Gasteiger partial charge on any atom is 0.241 e. The highest BCUT2D eigenvalue weighted by atomic mass is 35.5. The number of hydrogen-bond acceptors (Lipinski definition) is 2. The second kappa shape index (κ2) is 6.80. The van der Waals surface area contributed by atoms with Crippen LogP contribution in [0.15, 0.2) is 18.2 Å². The summed E-state index contributed by atoms with van der Waals surface area (Å²) in [5, 5.41) is 3.88. The van der Waals surface area contributed by atoms with Gasteiger partial charge in [0.1, 0.15) is 0 Å². The predicted molar refractivity (Wildman–Crippen MR) is 79.7 cm³/mol. The maximum absolute atomic E-state index is 12.1. The van der Waals surface area contributed by atoms with Gasteiger partial charge in [0.25, 0.3) is 0 Å². The van der Waals surface area contributed by atoms with Gasteiger partial charge in [-0.3, -0.25) is 4.79 Å². The fraction of sp³-hybridized carbons (Fsp3) is 0.533. The van der Waals surface area contributed by atoms with Gasteiger partial charge in [-0.2, -0.15) is 0 Å². The minimum absolute atomic E-state index is 0.179. The van der Waals surface area contributed by atoms with Crippen LogP contribution in [0.5, 0.6) is 0 Å². The number of nitrogens with zero attached hydrogens (tertiary/aromatic N) is 1. The zero-order valence-corrected chi connectivity index (χ0v) is 12.2. The van der Waals surface area contributed by atoms with E-state index >= 15 is 0 Å². The smallest absolute Gasteiger partial charge is 0.241 e. The standard InChI is InChI=1S/C15H21ClN2O/c1-12-6-7-13(10-14(12)16)17-11-15(19)18-8-4-2-3-5-9-18/h6-7,10,17H,2-5,8-9,11H2,1H3. The van der Waals surface area contributed by atoms with Gasteiger partial charge in [0.15, 0.2) is 0 Å². The van der Waals surface area contributed by atoms with Crippen LogP contribution in [0.2, 0.25) is 5.02 Å². The Morgan fingerprint density at radius 2 is 1.95 bits per heavy atom. The van der Waals surface area contributed by atoms with Crippen LogP contribution in [0.4, 0.5) is 5.69 Å². The maximum atomic E-state index is 12.1. The van der Waals surface area contributed by atoms with Crippen molar-refractivity contribution in [3.8, 4) is 0 Å². The summed E-state index contributed by atoms with van der Waals surface area (Å²) < 4.78 is 0. The number of amides is 1. The number of carbonyl (C=O) groups excluding carboxylic acids is 1. The van der Waals surface area contributed by atoms with Gasteiger partial charge in [-0.25, -0.2) is 0 Å². The molecule has 0 aliphatic carbocycles. The first-order valence-electron chi connectivity index (χ1n) is 6.94. The van der Waals surface area contributed by atoms with Crippen LogP contribution in [0.3, 0.4) is 0 Å². The van der Waals surface area contributed by atoms with Crippen molar-refractivity contribution in [1.82, 2.24) is 4.90 Å². The summed E-state index contributed by atoms with van der Waals surface area (Å²) in [7, 11) is 0. The molecule has 0 unspecified atom stereocenters. The van der Waals surface area contributed by atoms with Gasteiger partial charge in [-0.05, 0) is 37.5 Å². The van der Waals surface area contributed by atoms with Gasteiger partial charge in [-0.1, -0.05) is 30.5 Å². The molecule has 2 rings (SSSR count). The van der Waals surface area contributed by atoms with E-state index in [1.54, 1.807) is 0 Å². The number of nitrogens with one attached hydrogen (secondary N) is 1. The monoisotopic (exact) mass is 280 g/mol. The van der Waals surface area contributed by atoms with Crippen molar-refractivity contribution < 1.29 is 4.79 Å². The first-order valence-corrected chi connectivity index (χ1v) is 7.32. The first kappa shape index (κ1) is 14.2. The van der Waals surface area contributed by atoms with Crippen molar-refractivity contribution in [2.75, 3.05) is 25.0 Å². The van der Waals surface area contributed by atoms with Gasteiger partial charge in [0.2, 0.25) is 5.91 Å². The summed E-state index contributed by atoms with van der Waals surface area (Å²) in [4.78, 5) is 14.1. The second-order valence-electron chi connectivity index (χ2n) is 5.11. The Morgan fingerprint density at radius 3 is 2.58 bits per heavy atom. The lowest BCUT2D eigenvalue weighted by atomic mass is 10.2. The van der Waals surface area contributed by atoms with Crippen molar-refractivity contribution in [2.45, 2.75) is 32.6 Å². The number of aryl methyl sites for hydroxylation is 1. The zero-order valence-electron chi connectivity index (χ0n) is 11.4. The number of rotatable bonds is 3. The number of anilines is 1. The van der Waals surface area contributed by atoms with E-state index in [0.29, 0.717) is 6.54 Å². The molecule has 0 radical (unpaired) electrons. The Kier molecular flexibility index (Phi) is 5.08. The Bertz CT molecular complexity index is 440. The molecule has 1 aliphatic rings. The highest BCUT2D eigenvalue weighted by Gasteiger charge is 2.14. The summed E-state index contributed by atoms with van der Waals surface area (Å²) in [6.45, 7) is 4.11. The van der Waals surface area contributed by atoms with Gasteiger partial charge in [0, 0.05) is 23.8 Å². The molecule has 0 spiro atoms. The third-order valence-electron chi connectivity index (χ3n) is 3.57. The van der Waals surface area contributed by atoms with E-state index in [2.05, 4.69) is 5.32 Å². The van der Waals surface area contributed by atoms with E-state index in [9.17, 15) is 4.79 Å². The Morgan fingerprint density at radius 1 is 1.26 bits per heavy atom. The van der Waals surface area contributed by atoms with Crippen molar-refractivity contribution in [3.63, 3.8) is 0 Å². The Labute approximate surface area is 119 Å². The molecule has 0 aromatic heterocycles. The number of hydrogen-bond donors (Lipinski definition) is 1. The molecule has 0 bridgehead atoms. The fourth-order valence-electron chi connectivity index (χ4n) is 2.31. The highest BCUT2D eigenvalue weighted by Crippen LogP contribution is 2.19. The molecular weight excluding hydrogens is 260 g/mol. The second-order valence-corrected chi connectivity index (χ2v) is 5.52. The molecule has 1 amide bonds. The number of benzene rings is 1. The van der Waals surface area contributed by atoms with Crippen molar-refractivity contribution >= 4 is 23.2 Å². The van der Waals surface area contributed by atoms with Crippen molar-refractivity contribution in [3.05, 3.63) is 28.8 Å². The molecule has 1 aliphatic heterocycles. The van der Waals surface area contributed by atoms with Crippen molar-refractivity contribution in [2.24, 2.45) is 0 Å². The quantitative estimate of drug-likeness (QED) is 0.920. The minimum Gasteiger partial charge on any atom is -0.376 e. The minimum atomic E-state index is 0.179. The molecule has 4 heteroatoms. The lowest BCUT2D eigenvalue weighted by Gasteiger charge is -2.20. The van der Waals surface area contributed by atoms with Gasteiger partial charge in [0.05, 0.1) is 6.54 Å². The third kappa shape index (κ3) is 4.13. The first-order chi connectivity index (χ1) is 9.16. The summed E-state index contributed by atoms with van der Waals surface area (Å²) in [6, 6.07) is 5.78. The summed E-state index contributed by atoms with van der Waals surface area (Å²) in [5.41, 5.74) is 1.95. The average Bonchev–Trinajstić information content (AvgIpc) is 2.69. The molecule has 1 aromatic carbocycles. The highest BCUT2D eigenvalue weighted by molar-refractivity contribution is 6.31. The van der Waals surface area contributed by atoms with Crippen LogP contribution in [0.1, 0.15) is 31.2 Å². The average molecular weight is 281 g/mol. The normalized spacial score (nSPS) is 16.0. The molecule has 19 heavy (non-hydrogen) atoms. The van der Waals surface area contributed by atoms with Crippen LogP contribution in [0, 0.1) is 6.92 Å². The summed E-state index contributed by atoms with van der Waals surface area (Å²) in [5.74, 6) is 0.179. The van der Waals surface area contributed by atoms with Gasteiger partial charge in [-0.15, -0.1) is 0 Å². The van der Waals surface area contributed by atoms with Crippen LogP contribution in [-0.2, 0) is 4.79 Å². The topological polar surface area (TPSA) is 32.3 Å². The van der Waals surface area contributed by atoms with E-state index in [0.717, 1.165) is 42.2 Å². The molecule has 104 valence electrons. The molecule has 0 saturated carbocycles. The SMILES string of the molecule is Cc1ccc(NCC(=O)N2CCCCCC2)cc1Cl.